The van der Waals surface area contributed by atoms with Gasteiger partial charge in [-0.15, -0.1) is 0 Å². The Morgan fingerprint density at radius 1 is 0.864 bits per heavy atom. The van der Waals surface area contributed by atoms with Crippen LogP contribution in [0.5, 0.6) is 0 Å². The number of nitrogens with zero attached hydrogens (tertiary/aromatic N) is 1. The van der Waals surface area contributed by atoms with Crippen molar-refractivity contribution in [3.63, 3.8) is 0 Å². The molecule has 0 bridgehead atoms. The Bertz CT molecular complexity index is 1070. The van der Waals surface area contributed by atoms with E-state index in [0.29, 0.717) is 0 Å². The predicted molar refractivity (Wildman–Crippen MR) is 93.4 cm³/mol. The molecule has 1 aliphatic carbocycles. The van der Waals surface area contributed by atoms with Crippen LogP contribution in [0.3, 0.4) is 0 Å². The third kappa shape index (κ3) is 1.38. The van der Waals surface area contributed by atoms with Crippen molar-refractivity contribution in [1.29, 1.82) is 0 Å². The van der Waals surface area contributed by atoms with Crippen molar-refractivity contribution < 1.29 is 0 Å². The fourth-order valence-corrected chi connectivity index (χ4v) is 4.03. The number of para-hydroxylation sites is 1. The van der Waals surface area contributed by atoms with Crippen molar-refractivity contribution in [3.05, 3.63) is 71.3 Å². The van der Waals surface area contributed by atoms with Crippen LogP contribution in [0.2, 0.25) is 0 Å². The summed E-state index contributed by atoms with van der Waals surface area (Å²) in [6.45, 7) is 2.18. The maximum atomic E-state index is 2.35. The van der Waals surface area contributed by atoms with Crippen molar-refractivity contribution in [1.82, 2.24) is 4.57 Å². The fourth-order valence-electron chi connectivity index (χ4n) is 4.03. The number of rotatable bonds is 0. The van der Waals surface area contributed by atoms with Gasteiger partial charge < -0.3 is 4.57 Å². The summed E-state index contributed by atoms with van der Waals surface area (Å²) < 4.78 is 2.32. The van der Waals surface area contributed by atoms with Gasteiger partial charge in [0.25, 0.3) is 0 Å². The molecule has 1 nitrogen and oxygen atoms in total. The van der Waals surface area contributed by atoms with Crippen LogP contribution in [0.15, 0.2) is 54.6 Å². The van der Waals surface area contributed by atoms with Crippen molar-refractivity contribution in [3.8, 4) is 11.1 Å². The molecule has 0 amide bonds. The molecular weight excluding hydrogens is 266 g/mol. The molecule has 5 rings (SSSR count). The minimum absolute atomic E-state index is 1.06. The molecule has 0 atom stereocenters. The monoisotopic (exact) mass is 283 g/mol. The van der Waals surface area contributed by atoms with Gasteiger partial charge in [-0.2, -0.15) is 0 Å². The molecule has 0 fully saturated rings. The second-order valence-electron chi connectivity index (χ2n) is 6.41. The van der Waals surface area contributed by atoms with E-state index in [1.807, 2.05) is 0 Å². The molecule has 0 radical (unpaired) electrons. The third-order valence-electron chi connectivity index (χ3n) is 5.08. The largest absolute Gasteiger partial charge is 0.344 e. The van der Waals surface area contributed by atoms with Crippen molar-refractivity contribution in [2.75, 3.05) is 0 Å². The first kappa shape index (κ1) is 12.0. The van der Waals surface area contributed by atoms with Crippen LogP contribution in [-0.4, -0.2) is 4.57 Å². The fraction of sp³-hybridized carbons (Fsp3) is 0.143. The lowest BCUT2D eigenvalue weighted by Crippen LogP contribution is -1.87. The first-order valence-electron chi connectivity index (χ1n) is 7.83. The zero-order valence-corrected chi connectivity index (χ0v) is 12.9. The Kier molecular flexibility index (Phi) is 2.20. The van der Waals surface area contributed by atoms with E-state index in [2.05, 4.69) is 73.1 Å². The first-order chi connectivity index (χ1) is 10.7. The molecular formula is C21H17N. The zero-order chi connectivity index (χ0) is 14.8. The summed E-state index contributed by atoms with van der Waals surface area (Å²) in [7, 11) is 2.17. The summed E-state index contributed by atoms with van der Waals surface area (Å²) in [5.74, 6) is 0. The van der Waals surface area contributed by atoms with Crippen LogP contribution in [0.4, 0.5) is 0 Å². The van der Waals surface area contributed by atoms with Gasteiger partial charge in [-0.05, 0) is 47.7 Å². The minimum atomic E-state index is 1.06. The zero-order valence-electron chi connectivity index (χ0n) is 12.9. The number of hydrogen-bond donors (Lipinski definition) is 0. The van der Waals surface area contributed by atoms with Gasteiger partial charge in [-0.1, -0.05) is 48.0 Å². The standard InChI is InChI=1S/C21H17N/c1-13-7-8-14-12-15-9-10-19-21(20(15)17(14)11-13)16-5-3-4-6-18(16)22(19)2/h3-11H,12H2,1-2H3. The Morgan fingerprint density at radius 2 is 1.68 bits per heavy atom. The first-order valence-corrected chi connectivity index (χ1v) is 7.83. The maximum Gasteiger partial charge on any atom is 0.0495 e. The van der Waals surface area contributed by atoms with E-state index in [0.717, 1.165) is 6.42 Å². The molecule has 1 aliphatic rings. The van der Waals surface area contributed by atoms with Gasteiger partial charge in [0, 0.05) is 28.9 Å². The van der Waals surface area contributed by atoms with E-state index in [1.54, 1.807) is 0 Å². The average Bonchev–Trinajstić information content (AvgIpc) is 3.04. The topological polar surface area (TPSA) is 4.93 Å². The van der Waals surface area contributed by atoms with Crippen LogP contribution >= 0.6 is 0 Å². The Hall–Kier alpha value is -2.54. The molecule has 22 heavy (non-hydrogen) atoms. The highest BCUT2D eigenvalue weighted by Crippen LogP contribution is 2.44. The smallest absolute Gasteiger partial charge is 0.0495 e. The van der Waals surface area contributed by atoms with Gasteiger partial charge in [-0.25, -0.2) is 0 Å². The molecule has 0 saturated carbocycles. The molecule has 0 N–H and O–H groups in total. The second-order valence-corrected chi connectivity index (χ2v) is 6.41. The van der Waals surface area contributed by atoms with E-state index in [9.17, 15) is 0 Å². The second kappa shape index (κ2) is 4.01. The summed E-state index contributed by atoms with van der Waals surface area (Å²) in [5, 5.41) is 2.78. The van der Waals surface area contributed by atoms with E-state index >= 15 is 0 Å². The molecule has 3 aromatic carbocycles. The molecule has 1 heterocycles. The van der Waals surface area contributed by atoms with Crippen LogP contribution < -0.4 is 0 Å². The lowest BCUT2D eigenvalue weighted by molar-refractivity contribution is 1.01. The number of fused-ring (bicyclic) bond motifs is 7. The number of benzene rings is 3. The van der Waals surface area contributed by atoms with E-state index < -0.39 is 0 Å². The maximum absolute atomic E-state index is 2.35. The summed E-state index contributed by atoms with van der Waals surface area (Å²) in [5.41, 5.74) is 9.78. The minimum Gasteiger partial charge on any atom is -0.344 e. The van der Waals surface area contributed by atoms with Crippen molar-refractivity contribution >= 4 is 21.8 Å². The number of aromatic nitrogens is 1. The van der Waals surface area contributed by atoms with Gasteiger partial charge in [0.1, 0.15) is 0 Å². The normalized spacial score (nSPS) is 12.8. The Morgan fingerprint density at radius 3 is 2.59 bits per heavy atom. The molecule has 1 aromatic heterocycles. The summed E-state index contributed by atoms with van der Waals surface area (Å²) >= 11 is 0. The molecule has 0 aliphatic heterocycles. The molecule has 106 valence electrons. The van der Waals surface area contributed by atoms with Gasteiger partial charge >= 0.3 is 0 Å². The molecule has 1 heteroatoms. The number of aryl methyl sites for hydroxylation is 2. The highest BCUT2D eigenvalue weighted by atomic mass is 14.9. The van der Waals surface area contributed by atoms with Crippen LogP contribution in [0, 0.1) is 6.92 Å². The third-order valence-corrected chi connectivity index (χ3v) is 5.08. The van der Waals surface area contributed by atoms with Gasteiger partial charge in [-0.3, -0.25) is 0 Å². The summed E-state index contributed by atoms with van der Waals surface area (Å²) in [6, 6.07) is 20.2. The van der Waals surface area contributed by atoms with E-state index in [1.165, 1.54) is 49.6 Å². The predicted octanol–water partition coefficient (Wildman–Crippen LogP) is 5.21. The van der Waals surface area contributed by atoms with Crippen LogP contribution in [0.1, 0.15) is 16.7 Å². The molecule has 0 unspecified atom stereocenters. The summed E-state index contributed by atoms with van der Waals surface area (Å²) in [4.78, 5) is 0. The Balaban J connectivity index is 2.03. The molecule has 4 aromatic rings. The molecule has 0 saturated heterocycles. The molecule has 0 spiro atoms. The SMILES string of the molecule is Cc1ccc2c(c1)-c1c(ccc3c1c1ccccc1n3C)C2. The quantitative estimate of drug-likeness (QED) is 0.367. The van der Waals surface area contributed by atoms with Crippen LogP contribution in [-0.2, 0) is 13.5 Å². The van der Waals surface area contributed by atoms with Crippen molar-refractivity contribution in [2.45, 2.75) is 13.3 Å². The average molecular weight is 283 g/mol. The summed E-state index contributed by atoms with van der Waals surface area (Å²) in [6.07, 6.45) is 1.06. The lowest BCUT2D eigenvalue weighted by atomic mass is 9.98. The van der Waals surface area contributed by atoms with Crippen LogP contribution in [0.25, 0.3) is 32.9 Å². The van der Waals surface area contributed by atoms with Gasteiger partial charge in [0.05, 0.1) is 0 Å². The lowest BCUT2D eigenvalue weighted by Gasteiger charge is -2.06. The number of hydrogen-bond acceptors (Lipinski definition) is 0. The van der Waals surface area contributed by atoms with Gasteiger partial charge in [0.15, 0.2) is 0 Å². The highest BCUT2D eigenvalue weighted by molar-refractivity contribution is 6.16. The van der Waals surface area contributed by atoms with E-state index in [4.69, 9.17) is 0 Å². The highest BCUT2D eigenvalue weighted by Gasteiger charge is 2.23. The van der Waals surface area contributed by atoms with Gasteiger partial charge in [0.2, 0.25) is 0 Å². The van der Waals surface area contributed by atoms with E-state index in [-0.39, 0.29) is 0 Å². The Labute approximate surface area is 129 Å². The van der Waals surface area contributed by atoms with Crippen molar-refractivity contribution in [2.24, 2.45) is 7.05 Å².